The molecule has 0 radical (unpaired) electrons. The van der Waals surface area contributed by atoms with Crippen LogP contribution in [-0.2, 0) is 0 Å². The van der Waals surface area contributed by atoms with Gasteiger partial charge in [-0.25, -0.2) is 0 Å². The molecule has 0 spiro atoms. The van der Waals surface area contributed by atoms with Gasteiger partial charge < -0.3 is 5.11 Å². The van der Waals surface area contributed by atoms with E-state index in [1.54, 1.807) is 6.08 Å². The Balaban J connectivity index is 2.66. The number of halogens is 1. The molecule has 0 heterocycles. The van der Waals surface area contributed by atoms with Gasteiger partial charge in [0, 0.05) is 5.03 Å². The van der Waals surface area contributed by atoms with Gasteiger partial charge in [0.25, 0.3) is 0 Å². The summed E-state index contributed by atoms with van der Waals surface area (Å²) in [5.41, 5.74) is 0. The van der Waals surface area contributed by atoms with Crippen LogP contribution in [0.4, 0.5) is 0 Å². The van der Waals surface area contributed by atoms with Gasteiger partial charge in [0.15, 0.2) is 0 Å². The molecule has 0 aliphatic heterocycles. The van der Waals surface area contributed by atoms with E-state index < -0.39 is 6.10 Å². The quantitative estimate of drug-likeness (QED) is 0.526. The molecule has 1 atom stereocenters. The van der Waals surface area contributed by atoms with Gasteiger partial charge in [-0.05, 0) is 12.5 Å². The minimum absolute atomic E-state index is 0.457. The third kappa shape index (κ3) is 1.11. The van der Waals surface area contributed by atoms with Crippen molar-refractivity contribution in [1.82, 2.24) is 0 Å². The van der Waals surface area contributed by atoms with Crippen LogP contribution in [0.3, 0.4) is 0 Å². The Morgan fingerprint density at radius 3 is 2.88 bits per heavy atom. The Hall–Kier alpha value is -0.270. The molecule has 0 saturated carbocycles. The lowest BCUT2D eigenvalue weighted by Crippen LogP contribution is -2.06. The lowest BCUT2D eigenvalue weighted by molar-refractivity contribution is 0.221. The van der Waals surface area contributed by atoms with E-state index in [0.717, 1.165) is 0 Å². The predicted molar refractivity (Wildman–Crippen MR) is 33.7 cm³/mol. The zero-order valence-corrected chi connectivity index (χ0v) is 5.10. The van der Waals surface area contributed by atoms with Crippen molar-refractivity contribution in [2.45, 2.75) is 12.5 Å². The Morgan fingerprint density at radius 1 is 1.75 bits per heavy atom. The summed E-state index contributed by atoms with van der Waals surface area (Å²) >= 11 is 5.53. The second kappa shape index (κ2) is 2.33. The number of aliphatic hydroxyl groups is 1. The summed E-state index contributed by atoms with van der Waals surface area (Å²) in [6, 6.07) is 0. The molecular formula is C6H7ClO. The van der Waals surface area contributed by atoms with Crippen molar-refractivity contribution in [1.29, 1.82) is 0 Å². The highest BCUT2D eigenvalue weighted by molar-refractivity contribution is 6.30. The molecule has 1 rings (SSSR count). The fourth-order valence-corrected chi connectivity index (χ4v) is 0.753. The molecule has 0 bridgehead atoms. The van der Waals surface area contributed by atoms with Crippen LogP contribution >= 0.6 is 11.6 Å². The van der Waals surface area contributed by atoms with Gasteiger partial charge >= 0.3 is 0 Å². The van der Waals surface area contributed by atoms with Crippen molar-refractivity contribution < 1.29 is 5.11 Å². The molecular weight excluding hydrogens is 124 g/mol. The second-order valence-electron chi connectivity index (χ2n) is 1.73. The summed E-state index contributed by atoms with van der Waals surface area (Å²) in [6.45, 7) is 0. The molecule has 1 nitrogen and oxygen atoms in total. The lowest BCUT2D eigenvalue weighted by atomic mass is 10.1. The van der Waals surface area contributed by atoms with Crippen LogP contribution in [0.2, 0.25) is 0 Å². The molecule has 0 saturated heterocycles. The van der Waals surface area contributed by atoms with Crippen molar-refractivity contribution in [3.63, 3.8) is 0 Å². The predicted octanol–water partition coefficient (Wildman–Crippen LogP) is 1.43. The highest BCUT2D eigenvalue weighted by Gasteiger charge is 2.06. The van der Waals surface area contributed by atoms with E-state index >= 15 is 0 Å². The van der Waals surface area contributed by atoms with E-state index in [0.29, 0.717) is 11.5 Å². The topological polar surface area (TPSA) is 20.2 Å². The van der Waals surface area contributed by atoms with Gasteiger partial charge in [0.1, 0.15) is 0 Å². The van der Waals surface area contributed by atoms with E-state index in [1.165, 1.54) is 0 Å². The maximum Gasteiger partial charge on any atom is 0.0929 e. The van der Waals surface area contributed by atoms with Crippen molar-refractivity contribution in [3.05, 3.63) is 23.3 Å². The molecule has 2 heteroatoms. The summed E-state index contributed by atoms with van der Waals surface area (Å²) < 4.78 is 0. The minimum Gasteiger partial charge on any atom is -0.387 e. The first-order valence-corrected chi connectivity index (χ1v) is 2.89. The van der Waals surface area contributed by atoms with Gasteiger partial charge in [-0.3, -0.25) is 0 Å². The Bertz CT molecular complexity index is 137. The van der Waals surface area contributed by atoms with E-state index in [1.807, 2.05) is 12.2 Å². The largest absolute Gasteiger partial charge is 0.387 e. The zero-order valence-electron chi connectivity index (χ0n) is 4.34. The summed E-state index contributed by atoms with van der Waals surface area (Å²) in [7, 11) is 0. The van der Waals surface area contributed by atoms with Crippen LogP contribution in [0.1, 0.15) is 6.42 Å². The normalized spacial score (nSPS) is 27.8. The van der Waals surface area contributed by atoms with E-state index in [2.05, 4.69) is 0 Å². The van der Waals surface area contributed by atoms with Crippen molar-refractivity contribution >= 4 is 11.6 Å². The first-order valence-electron chi connectivity index (χ1n) is 2.51. The van der Waals surface area contributed by atoms with Crippen LogP contribution in [-0.4, -0.2) is 11.2 Å². The summed E-state index contributed by atoms with van der Waals surface area (Å²) in [6.07, 6.45) is 5.62. The highest BCUT2D eigenvalue weighted by atomic mass is 35.5. The van der Waals surface area contributed by atoms with Crippen LogP contribution < -0.4 is 0 Å². The molecule has 0 fully saturated rings. The van der Waals surface area contributed by atoms with Crippen LogP contribution in [0, 0.1) is 0 Å². The van der Waals surface area contributed by atoms with Gasteiger partial charge in [-0.15, -0.1) is 0 Å². The molecule has 0 aromatic rings. The van der Waals surface area contributed by atoms with E-state index in [9.17, 15) is 0 Å². The van der Waals surface area contributed by atoms with Crippen molar-refractivity contribution in [2.75, 3.05) is 0 Å². The Kier molecular flexibility index (Phi) is 1.71. The van der Waals surface area contributed by atoms with Crippen LogP contribution in [0.5, 0.6) is 0 Å². The van der Waals surface area contributed by atoms with Gasteiger partial charge in [-0.1, -0.05) is 23.8 Å². The maximum atomic E-state index is 8.93. The molecule has 0 unspecified atom stereocenters. The molecule has 0 aromatic heterocycles. The Morgan fingerprint density at radius 2 is 2.50 bits per heavy atom. The average Bonchev–Trinajstić information content (AvgIpc) is 1.77. The third-order valence-corrected chi connectivity index (χ3v) is 1.45. The maximum absolute atomic E-state index is 8.93. The molecule has 44 valence electrons. The second-order valence-corrected chi connectivity index (χ2v) is 2.17. The fraction of sp³-hybridized carbons (Fsp3) is 0.333. The number of allylic oxidation sites excluding steroid dienone is 2. The van der Waals surface area contributed by atoms with Gasteiger partial charge in [0.05, 0.1) is 6.10 Å². The Labute approximate surface area is 53.3 Å². The number of rotatable bonds is 0. The summed E-state index contributed by atoms with van der Waals surface area (Å²) in [5.74, 6) is 0. The first-order chi connectivity index (χ1) is 3.80. The van der Waals surface area contributed by atoms with Gasteiger partial charge in [-0.2, -0.15) is 0 Å². The van der Waals surface area contributed by atoms with E-state index in [4.69, 9.17) is 16.7 Å². The van der Waals surface area contributed by atoms with E-state index in [-0.39, 0.29) is 0 Å². The average molecular weight is 131 g/mol. The lowest BCUT2D eigenvalue weighted by Gasteiger charge is -2.07. The molecule has 1 aliphatic carbocycles. The minimum atomic E-state index is -0.457. The smallest absolute Gasteiger partial charge is 0.0929 e. The van der Waals surface area contributed by atoms with Crippen LogP contribution in [0.15, 0.2) is 23.3 Å². The molecule has 8 heavy (non-hydrogen) atoms. The monoisotopic (exact) mass is 130 g/mol. The number of hydrogen-bond acceptors (Lipinski definition) is 1. The first kappa shape index (κ1) is 5.86. The van der Waals surface area contributed by atoms with Crippen molar-refractivity contribution in [2.24, 2.45) is 0 Å². The summed E-state index contributed by atoms with van der Waals surface area (Å²) in [5, 5.41) is 9.46. The SMILES string of the molecule is O[C@H]1CC=CC=C1Cl. The molecule has 1 aliphatic rings. The zero-order chi connectivity index (χ0) is 5.98. The third-order valence-electron chi connectivity index (χ3n) is 1.07. The molecule has 1 N–H and O–H groups in total. The van der Waals surface area contributed by atoms with Crippen molar-refractivity contribution in [3.8, 4) is 0 Å². The highest BCUT2D eigenvalue weighted by Crippen LogP contribution is 2.15. The molecule has 0 amide bonds. The fourth-order valence-electron chi connectivity index (χ4n) is 0.591. The summed E-state index contributed by atoms with van der Waals surface area (Å²) in [4.78, 5) is 0. The van der Waals surface area contributed by atoms with Gasteiger partial charge in [0.2, 0.25) is 0 Å². The number of hydrogen-bond donors (Lipinski definition) is 1. The van der Waals surface area contributed by atoms with Crippen LogP contribution in [0.25, 0.3) is 0 Å². The number of aliphatic hydroxyl groups excluding tert-OH is 1. The standard InChI is InChI=1S/C6H7ClO/c7-5-3-1-2-4-6(5)8/h1-3,6,8H,4H2/t6-/m0/s1. The molecule has 0 aromatic carbocycles.